The van der Waals surface area contributed by atoms with Crippen LogP contribution in [0.15, 0.2) is 33.8 Å². The lowest BCUT2D eigenvalue weighted by Crippen LogP contribution is -2.36. The summed E-state index contributed by atoms with van der Waals surface area (Å²) in [5.74, 6) is 2.22. The van der Waals surface area contributed by atoms with Gasteiger partial charge in [0.1, 0.15) is 11.4 Å². The van der Waals surface area contributed by atoms with Gasteiger partial charge < -0.3 is 19.5 Å². The van der Waals surface area contributed by atoms with Gasteiger partial charge in [-0.15, -0.1) is 0 Å². The monoisotopic (exact) mass is 340 g/mol. The van der Waals surface area contributed by atoms with Crippen LogP contribution in [0, 0.1) is 20.8 Å². The Hall–Kier alpha value is -2.83. The molecule has 7 heteroatoms. The second-order valence-electron chi connectivity index (χ2n) is 5.93. The van der Waals surface area contributed by atoms with Crippen molar-refractivity contribution in [2.75, 3.05) is 6.54 Å². The van der Waals surface area contributed by atoms with Gasteiger partial charge in [-0.05, 0) is 39.8 Å². The van der Waals surface area contributed by atoms with E-state index in [1.54, 1.807) is 0 Å². The molecule has 0 aliphatic rings. The highest BCUT2D eigenvalue weighted by Crippen LogP contribution is 2.10. The van der Waals surface area contributed by atoms with Crippen molar-refractivity contribution < 1.29 is 4.42 Å². The molecular weight excluding hydrogens is 316 g/mol. The van der Waals surface area contributed by atoms with Crippen molar-refractivity contribution >= 4 is 11.6 Å². The lowest BCUT2D eigenvalue weighted by molar-refractivity contribution is 0.463. The quantitative estimate of drug-likeness (QED) is 0.551. The number of rotatable bonds is 5. The summed E-state index contributed by atoms with van der Waals surface area (Å²) >= 11 is 0. The Kier molecular flexibility index (Phi) is 5.02. The number of oxazole rings is 1. The third kappa shape index (κ3) is 3.99. The van der Waals surface area contributed by atoms with E-state index in [4.69, 9.17) is 4.42 Å². The second kappa shape index (κ2) is 7.38. The molecule has 0 amide bonds. The molecule has 25 heavy (non-hydrogen) atoms. The van der Waals surface area contributed by atoms with Crippen LogP contribution in [0.4, 0.5) is 0 Å². The van der Waals surface area contributed by atoms with Gasteiger partial charge in [-0.25, -0.2) is 15.0 Å². The average Bonchev–Trinajstić information content (AvgIpc) is 3.14. The van der Waals surface area contributed by atoms with Crippen LogP contribution < -0.4 is 10.6 Å². The van der Waals surface area contributed by atoms with Crippen LogP contribution in [0.5, 0.6) is 0 Å². The molecule has 0 radical (unpaired) electrons. The minimum atomic E-state index is 0.491. The summed E-state index contributed by atoms with van der Waals surface area (Å²) in [6.07, 6.45) is 2.03. The van der Waals surface area contributed by atoms with Gasteiger partial charge in [0.15, 0.2) is 5.96 Å². The molecule has 0 aliphatic heterocycles. The van der Waals surface area contributed by atoms with Gasteiger partial charge in [0.25, 0.3) is 0 Å². The maximum Gasteiger partial charge on any atom is 0.214 e. The highest BCUT2D eigenvalue weighted by atomic mass is 16.4. The van der Waals surface area contributed by atoms with Crippen LogP contribution >= 0.6 is 0 Å². The zero-order valence-corrected chi connectivity index (χ0v) is 15.1. The van der Waals surface area contributed by atoms with E-state index < -0.39 is 0 Å². The first-order valence-electron chi connectivity index (χ1n) is 8.45. The molecule has 7 nitrogen and oxygen atoms in total. The fraction of sp³-hybridized carbons (Fsp3) is 0.389. The molecule has 0 spiro atoms. The lowest BCUT2D eigenvalue weighted by Gasteiger charge is -2.09. The van der Waals surface area contributed by atoms with Crippen molar-refractivity contribution in [3.8, 4) is 0 Å². The zero-order valence-electron chi connectivity index (χ0n) is 15.1. The van der Waals surface area contributed by atoms with Crippen molar-refractivity contribution in [2.45, 2.75) is 40.8 Å². The maximum absolute atomic E-state index is 5.59. The number of aliphatic imine (C=N–C) groups is 1. The molecule has 0 unspecified atom stereocenters. The third-order valence-corrected chi connectivity index (χ3v) is 3.97. The first-order valence-corrected chi connectivity index (χ1v) is 8.45. The predicted molar refractivity (Wildman–Crippen MR) is 97.6 cm³/mol. The van der Waals surface area contributed by atoms with Crippen LogP contribution in [0.2, 0.25) is 0 Å². The van der Waals surface area contributed by atoms with Gasteiger partial charge >= 0.3 is 0 Å². The van der Waals surface area contributed by atoms with E-state index in [9.17, 15) is 0 Å². The SMILES string of the molecule is CCNC(=NCc1cn2c(C)cccc2n1)NCc1nc(C)c(C)o1. The highest BCUT2D eigenvalue weighted by molar-refractivity contribution is 5.79. The summed E-state index contributed by atoms with van der Waals surface area (Å²) in [4.78, 5) is 13.6. The average molecular weight is 340 g/mol. The molecule has 0 saturated heterocycles. The topological polar surface area (TPSA) is 79.8 Å². The van der Waals surface area contributed by atoms with Crippen molar-refractivity contribution in [2.24, 2.45) is 4.99 Å². The highest BCUT2D eigenvalue weighted by Gasteiger charge is 2.07. The minimum absolute atomic E-state index is 0.491. The summed E-state index contributed by atoms with van der Waals surface area (Å²) in [6, 6.07) is 6.07. The molecule has 3 rings (SSSR count). The number of nitrogens with one attached hydrogen (secondary N) is 2. The molecule has 0 saturated carbocycles. The van der Waals surface area contributed by atoms with Crippen LogP contribution in [-0.4, -0.2) is 26.9 Å². The molecule has 2 N–H and O–H groups in total. The molecular formula is C18H24N6O. The van der Waals surface area contributed by atoms with Gasteiger partial charge in [-0.1, -0.05) is 6.07 Å². The van der Waals surface area contributed by atoms with Crippen LogP contribution in [-0.2, 0) is 13.1 Å². The van der Waals surface area contributed by atoms with Crippen LogP contribution in [0.25, 0.3) is 5.65 Å². The fourth-order valence-corrected chi connectivity index (χ4v) is 2.55. The number of hydrogen-bond donors (Lipinski definition) is 2. The van der Waals surface area contributed by atoms with Crippen LogP contribution in [0.1, 0.15) is 35.7 Å². The lowest BCUT2D eigenvalue weighted by atomic mass is 10.4. The predicted octanol–water partition coefficient (Wildman–Crippen LogP) is 2.50. The van der Waals surface area contributed by atoms with E-state index in [1.165, 1.54) is 0 Å². The Morgan fingerprint density at radius 3 is 2.72 bits per heavy atom. The largest absolute Gasteiger partial charge is 0.444 e. The summed E-state index contributed by atoms with van der Waals surface area (Å²) < 4.78 is 7.66. The number of pyridine rings is 1. The number of guanidine groups is 1. The second-order valence-corrected chi connectivity index (χ2v) is 5.93. The van der Waals surface area contributed by atoms with E-state index >= 15 is 0 Å². The minimum Gasteiger partial charge on any atom is -0.444 e. The summed E-state index contributed by atoms with van der Waals surface area (Å²) in [6.45, 7) is 9.72. The number of hydrogen-bond acceptors (Lipinski definition) is 4. The van der Waals surface area contributed by atoms with Crippen molar-refractivity contribution in [1.29, 1.82) is 0 Å². The third-order valence-electron chi connectivity index (χ3n) is 3.97. The molecule has 132 valence electrons. The summed E-state index contributed by atoms with van der Waals surface area (Å²) in [5, 5.41) is 6.47. The molecule has 0 bridgehead atoms. The zero-order chi connectivity index (χ0) is 17.8. The summed E-state index contributed by atoms with van der Waals surface area (Å²) in [5.41, 5.74) is 3.93. The van der Waals surface area contributed by atoms with Crippen LogP contribution in [0.3, 0.4) is 0 Å². The molecule has 0 fully saturated rings. The smallest absolute Gasteiger partial charge is 0.214 e. The number of fused-ring (bicyclic) bond motifs is 1. The first kappa shape index (κ1) is 17.0. The molecule has 0 aliphatic carbocycles. The molecule has 0 aromatic carbocycles. The Morgan fingerprint density at radius 2 is 2.04 bits per heavy atom. The van der Waals surface area contributed by atoms with Gasteiger partial charge in [-0.2, -0.15) is 0 Å². The van der Waals surface area contributed by atoms with E-state index in [-0.39, 0.29) is 0 Å². The van der Waals surface area contributed by atoms with E-state index in [2.05, 4.69) is 43.0 Å². The molecule has 0 atom stereocenters. The maximum atomic E-state index is 5.59. The molecule has 3 heterocycles. The fourth-order valence-electron chi connectivity index (χ4n) is 2.55. The number of imidazole rings is 1. The van der Waals surface area contributed by atoms with Gasteiger partial charge in [-0.3, -0.25) is 0 Å². The number of aromatic nitrogens is 3. The van der Waals surface area contributed by atoms with Gasteiger partial charge in [0.05, 0.1) is 24.5 Å². The molecule has 3 aromatic heterocycles. The van der Waals surface area contributed by atoms with E-state index in [0.29, 0.717) is 24.9 Å². The van der Waals surface area contributed by atoms with Gasteiger partial charge in [0.2, 0.25) is 5.89 Å². The normalized spacial score (nSPS) is 11.9. The Balaban J connectivity index is 1.69. The Morgan fingerprint density at radius 1 is 1.20 bits per heavy atom. The summed E-state index contributed by atoms with van der Waals surface area (Å²) in [7, 11) is 0. The van der Waals surface area contributed by atoms with Crippen molar-refractivity contribution in [3.05, 3.63) is 53.1 Å². The van der Waals surface area contributed by atoms with Crippen molar-refractivity contribution in [3.63, 3.8) is 0 Å². The first-order chi connectivity index (χ1) is 12.1. The van der Waals surface area contributed by atoms with Gasteiger partial charge in [0, 0.05) is 18.4 Å². The standard InChI is InChI=1S/C18H24N6O/c1-5-19-18(21-10-17-22-13(3)14(4)25-17)20-9-15-11-24-12(2)7-6-8-16(24)23-15/h6-8,11H,5,9-10H2,1-4H3,(H2,19,20,21). The van der Waals surface area contributed by atoms with E-state index in [1.807, 2.05) is 39.1 Å². The van der Waals surface area contributed by atoms with Crippen molar-refractivity contribution in [1.82, 2.24) is 25.0 Å². The Bertz CT molecular complexity index is 873. The number of aryl methyl sites for hydroxylation is 3. The van der Waals surface area contributed by atoms with E-state index in [0.717, 1.165) is 35.0 Å². The Labute approximate surface area is 147 Å². The molecule has 3 aromatic rings. The number of nitrogens with zero attached hydrogens (tertiary/aromatic N) is 4.